The maximum absolute atomic E-state index is 5.82. The van der Waals surface area contributed by atoms with Crippen molar-refractivity contribution in [3.8, 4) is 0 Å². The van der Waals surface area contributed by atoms with E-state index in [0.29, 0.717) is 5.82 Å². The largest absolute Gasteiger partial charge is 0.384 e. The topological polar surface area (TPSA) is 67.9 Å². The summed E-state index contributed by atoms with van der Waals surface area (Å²) in [5.41, 5.74) is 8.68. The number of hydrogen-bond acceptors (Lipinski definition) is 6. The van der Waals surface area contributed by atoms with Gasteiger partial charge >= 0.3 is 0 Å². The molecule has 0 fully saturated rings. The van der Waals surface area contributed by atoms with E-state index in [4.69, 9.17) is 5.73 Å². The third kappa shape index (κ3) is 2.95. The Morgan fingerprint density at radius 1 is 1.39 bits per heavy atom. The Balaban J connectivity index is 2.21. The Morgan fingerprint density at radius 2 is 2.17 bits per heavy atom. The van der Waals surface area contributed by atoms with Gasteiger partial charge in [-0.15, -0.1) is 11.3 Å². The van der Waals surface area contributed by atoms with Gasteiger partial charge in [0.2, 0.25) is 0 Å². The highest BCUT2D eigenvalue weighted by molar-refractivity contribution is 7.07. The lowest BCUT2D eigenvalue weighted by atomic mass is 10.2. The Morgan fingerprint density at radius 3 is 2.78 bits per heavy atom. The first kappa shape index (κ1) is 12.8. The van der Waals surface area contributed by atoms with E-state index in [9.17, 15) is 0 Å². The maximum Gasteiger partial charge on any atom is 0.135 e. The smallest absolute Gasteiger partial charge is 0.135 e. The Kier molecular flexibility index (Phi) is 3.76. The average Bonchev–Trinajstić information content (AvgIpc) is 2.80. The molecule has 0 aromatic carbocycles. The van der Waals surface area contributed by atoms with Gasteiger partial charge < -0.3 is 10.6 Å². The molecule has 0 aliphatic rings. The first-order chi connectivity index (χ1) is 8.56. The lowest BCUT2D eigenvalue weighted by Crippen LogP contribution is -2.19. The van der Waals surface area contributed by atoms with Gasteiger partial charge in [0.15, 0.2) is 0 Å². The van der Waals surface area contributed by atoms with Crippen LogP contribution in [-0.4, -0.2) is 22.0 Å². The summed E-state index contributed by atoms with van der Waals surface area (Å²) in [5.74, 6) is 2.38. The first-order valence-electron chi connectivity index (χ1n) is 5.79. The van der Waals surface area contributed by atoms with Crippen molar-refractivity contribution in [2.24, 2.45) is 0 Å². The van der Waals surface area contributed by atoms with E-state index in [-0.39, 0.29) is 5.92 Å². The number of aromatic nitrogens is 3. The highest BCUT2D eigenvalue weighted by atomic mass is 32.1. The van der Waals surface area contributed by atoms with Crippen molar-refractivity contribution in [3.05, 3.63) is 28.5 Å². The summed E-state index contributed by atoms with van der Waals surface area (Å²) >= 11 is 1.59. The molecule has 0 saturated heterocycles. The number of rotatable bonds is 4. The van der Waals surface area contributed by atoms with E-state index in [0.717, 1.165) is 23.9 Å². The summed E-state index contributed by atoms with van der Waals surface area (Å²) < 4.78 is 0. The summed E-state index contributed by atoms with van der Waals surface area (Å²) in [4.78, 5) is 15.1. The van der Waals surface area contributed by atoms with Crippen molar-refractivity contribution in [2.45, 2.75) is 26.3 Å². The molecule has 18 heavy (non-hydrogen) atoms. The lowest BCUT2D eigenvalue weighted by Gasteiger charge is -2.18. The molecule has 0 atom stereocenters. The molecule has 2 aromatic heterocycles. The monoisotopic (exact) mass is 263 g/mol. The van der Waals surface area contributed by atoms with Crippen LogP contribution in [0.3, 0.4) is 0 Å². The highest BCUT2D eigenvalue weighted by Crippen LogP contribution is 2.19. The SMILES string of the molecule is CC(C)c1nc(N)cc(N(C)Cc2cscn2)n1. The zero-order chi connectivity index (χ0) is 13.1. The van der Waals surface area contributed by atoms with Crippen LogP contribution in [0.15, 0.2) is 17.0 Å². The van der Waals surface area contributed by atoms with Gasteiger partial charge in [0.05, 0.1) is 17.7 Å². The van der Waals surface area contributed by atoms with Crippen molar-refractivity contribution in [2.75, 3.05) is 17.7 Å². The Labute approximate surface area is 111 Å². The van der Waals surface area contributed by atoms with Crippen LogP contribution in [0.5, 0.6) is 0 Å². The van der Waals surface area contributed by atoms with Crippen LogP contribution in [0.2, 0.25) is 0 Å². The average molecular weight is 263 g/mol. The fraction of sp³-hybridized carbons (Fsp3) is 0.417. The van der Waals surface area contributed by atoms with E-state index in [2.05, 4.69) is 28.8 Å². The molecule has 2 heterocycles. The van der Waals surface area contributed by atoms with Crippen molar-refractivity contribution < 1.29 is 0 Å². The second-order valence-corrected chi connectivity index (χ2v) is 5.22. The van der Waals surface area contributed by atoms with Gasteiger partial charge in [-0.2, -0.15) is 0 Å². The van der Waals surface area contributed by atoms with Crippen molar-refractivity contribution in [3.63, 3.8) is 0 Å². The fourth-order valence-electron chi connectivity index (χ4n) is 1.56. The standard InChI is InChI=1S/C12H17N5S/c1-8(2)12-15-10(13)4-11(16-12)17(3)5-9-6-18-7-14-9/h4,6-8H,5H2,1-3H3,(H2,13,15,16). The van der Waals surface area contributed by atoms with Crippen molar-refractivity contribution in [1.82, 2.24) is 15.0 Å². The summed E-state index contributed by atoms with van der Waals surface area (Å²) in [6.07, 6.45) is 0. The molecule has 0 unspecified atom stereocenters. The minimum Gasteiger partial charge on any atom is -0.384 e. The number of hydrogen-bond donors (Lipinski definition) is 1. The molecular weight excluding hydrogens is 246 g/mol. The van der Waals surface area contributed by atoms with Gasteiger partial charge in [0.25, 0.3) is 0 Å². The predicted octanol–water partition coefficient (Wildman–Crippen LogP) is 2.28. The summed E-state index contributed by atoms with van der Waals surface area (Å²) in [6, 6.07) is 1.79. The highest BCUT2D eigenvalue weighted by Gasteiger charge is 2.10. The zero-order valence-corrected chi connectivity index (χ0v) is 11.6. The second kappa shape index (κ2) is 5.30. The molecule has 0 saturated carbocycles. The van der Waals surface area contributed by atoms with Crippen LogP contribution in [0.25, 0.3) is 0 Å². The van der Waals surface area contributed by atoms with Crippen LogP contribution >= 0.6 is 11.3 Å². The van der Waals surface area contributed by atoms with Gasteiger partial charge in [0, 0.05) is 24.4 Å². The van der Waals surface area contributed by atoms with Gasteiger partial charge in [-0.3, -0.25) is 0 Å². The third-order valence-corrected chi connectivity index (χ3v) is 3.18. The summed E-state index contributed by atoms with van der Waals surface area (Å²) in [5, 5.41) is 2.03. The van der Waals surface area contributed by atoms with Gasteiger partial charge in [-0.25, -0.2) is 15.0 Å². The van der Waals surface area contributed by atoms with Crippen LogP contribution in [0.1, 0.15) is 31.3 Å². The van der Waals surface area contributed by atoms with Crippen LogP contribution in [0, 0.1) is 0 Å². The molecule has 96 valence electrons. The number of anilines is 2. The van der Waals surface area contributed by atoms with Gasteiger partial charge in [-0.1, -0.05) is 13.8 Å². The molecule has 2 rings (SSSR count). The van der Waals surface area contributed by atoms with Crippen LogP contribution in [-0.2, 0) is 6.54 Å². The molecule has 0 radical (unpaired) electrons. The number of nitrogens with two attached hydrogens (primary N) is 1. The van der Waals surface area contributed by atoms with Gasteiger partial charge in [-0.05, 0) is 0 Å². The first-order valence-corrected chi connectivity index (χ1v) is 6.73. The minimum absolute atomic E-state index is 0.264. The lowest BCUT2D eigenvalue weighted by molar-refractivity contribution is 0.763. The molecule has 0 aliphatic heterocycles. The zero-order valence-electron chi connectivity index (χ0n) is 10.8. The number of thiazole rings is 1. The van der Waals surface area contributed by atoms with Crippen LogP contribution < -0.4 is 10.6 Å². The van der Waals surface area contributed by atoms with E-state index >= 15 is 0 Å². The molecule has 0 spiro atoms. The van der Waals surface area contributed by atoms with Gasteiger partial charge in [0.1, 0.15) is 17.5 Å². The van der Waals surface area contributed by atoms with E-state index in [1.54, 1.807) is 17.4 Å². The summed E-state index contributed by atoms with van der Waals surface area (Å²) in [6.45, 7) is 4.83. The van der Waals surface area contributed by atoms with Crippen molar-refractivity contribution in [1.29, 1.82) is 0 Å². The van der Waals surface area contributed by atoms with E-state index < -0.39 is 0 Å². The van der Waals surface area contributed by atoms with Crippen molar-refractivity contribution >= 4 is 23.0 Å². The minimum atomic E-state index is 0.264. The molecule has 2 N–H and O–H groups in total. The van der Waals surface area contributed by atoms with E-state index in [1.807, 2.05) is 22.8 Å². The second-order valence-electron chi connectivity index (χ2n) is 4.50. The third-order valence-electron chi connectivity index (χ3n) is 2.54. The quantitative estimate of drug-likeness (QED) is 0.916. The molecular formula is C12H17N5S. The predicted molar refractivity (Wildman–Crippen MR) is 74.8 cm³/mol. The number of nitrogens with zero attached hydrogens (tertiary/aromatic N) is 4. The molecule has 0 amide bonds. The van der Waals surface area contributed by atoms with E-state index in [1.165, 1.54) is 0 Å². The maximum atomic E-state index is 5.82. The Hall–Kier alpha value is -1.69. The summed E-state index contributed by atoms with van der Waals surface area (Å²) in [7, 11) is 1.98. The Bertz CT molecular complexity index is 509. The molecule has 5 nitrogen and oxygen atoms in total. The fourth-order valence-corrected chi connectivity index (χ4v) is 2.11. The molecule has 0 bridgehead atoms. The molecule has 2 aromatic rings. The molecule has 0 aliphatic carbocycles. The number of nitrogen functional groups attached to an aromatic ring is 1. The normalized spacial score (nSPS) is 10.9. The molecule has 6 heteroatoms. The van der Waals surface area contributed by atoms with Crippen LogP contribution in [0.4, 0.5) is 11.6 Å².